The Balaban J connectivity index is 0.593. The second-order valence-electron chi connectivity index (χ2n) is 26.9. The Morgan fingerprint density at radius 2 is 0.868 bits per heavy atom. The Morgan fingerprint density at radius 1 is 0.439 bits per heavy atom. The smallest absolute Gasteiger partial charge is 0.315 e. The topological polar surface area (TPSA) is 512 Å². The summed E-state index contributed by atoms with van der Waals surface area (Å²) in [7, 11) is 11.5. The van der Waals surface area contributed by atoms with Crippen molar-refractivity contribution in [1.29, 1.82) is 0 Å². The van der Waals surface area contributed by atoms with Crippen molar-refractivity contribution < 1.29 is 81.3 Å². The molecular weight excluding hydrogens is 1510 g/mol. The number of imidazole rings is 4. The molecule has 0 saturated carbocycles. The number of unbranched alkanes of at least 4 members (excludes halogenated alkanes) is 1. The molecular formula is C71H103N25O17S. The van der Waals surface area contributed by atoms with Crippen molar-refractivity contribution in [2.24, 2.45) is 42.3 Å². The molecule has 6 aromatic rings. The van der Waals surface area contributed by atoms with E-state index in [4.69, 9.17) is 18.9 Å². The number of fused-ring (bicyclic) bond motifs is 1. The summed E-state index contributed by atoms with van der Waals surface area (Å²) in [5, 5.41) is 38.7. The molecule has 2 aliphatic rings. The zero-order chi connectivity index (χ0) is 82.1. The molecule has 8 rings (SSSR count). The summed E-state index contributed by atoms with van der Waals surface area (Å²) in [6.07, 6.45) is 14.6. The number of hydrogen-bond acceptors (Lipinski definition) is 23. The highest BCUT2D eigenvalue weighted by molar-refractivity contribution is 8.00. The monoisotopic (exact) mass is 1610 g/mol. The second kappa shape index (κ2) is 45.2. The Labute approximate surface area is 661 Å². The van der Waals surface area contributed by atoms with Crippen molar-refractivity contribution >= 4 is 118 Å². The molecule has 0 radical (unpaired) electrons. The number of aryl methyl sites for hydroxylation is 6. The predicted octanol–water partition coefficient (Wildman–Crippen LogP) is -0.949. The summed E-state index contributed by atoms with van der Waals surface area (Å²) in [6, 6.07) is 3.20. The van der Waals surface area contributed by atoms with E-state index in [2.05, 4.69) is 99.3 Å². The van der Waals surface area contributed by atoms with Crippen LogP contribution in [0.25, 0.3) is 0 Å². The largest absolute Gasteiger partial charge is 0.377 e. The maximum atomic E-state index is 13.3. The lowest BCUT2D eigenvalue weighted by Crippen LogP contribution is -2.36. The van der Waals surface area contributed by atoms with Gasteiger partial charge in [0.1, 0.15) is 18.0 Å². The number of nitrogens with zero attached hydrogens (tertiary/aromatic N) is 11. The van der Waals surface area contributed by atoms with Crippen LogP contribution in [0, 0.1) is 0 Å². The summed E-state index contributed by atoms with van der Waals surface area (Å²) >= 11 is 1.88. The Bertz CT molecular complexity index is 4310. The molecule has 43 heteroatoms. The van der Waals surface area contributed by atoms with E-state index in [0.29, 0.717) is 90.3 Å². The van der Waals surface area contributed by atoms with E-state index in [1.165, 1.54) is 79.2 Å². The van der Waals surface area contributed by atoms with Gasteiger partial charge in [0.2, 0.25) is 52.9 Å². The number of thioether (sulfide) groups is 1. The van der Waals surface area contributed by atoms with Crippen molar-refractivity contribution in [3.63, 3.8) is 0 Å². The summed E-state index contributed by atoms with van der Waals surface area (Å²) in [4.78, 5) is 184. The van der Waals surface area contributed by atoms with Crippen molar-refractivity contribution in [3.05, 3.63) is 90.2 Å². The second-order valence-corrected chi connectivity index (χ2v) is 28.2. The van der Waals surface area contributed by atoms with Crippen molar-refractivity contribution in [3.8, 4) is 0 Å². The first kappa shape index (κ1) is 88.0. The van der Waals surface area contributed by atoms with E-state index < -0.39 is 53.2 Å². The molecule has 14 N–H and O–H groups in total. The fourth-order valence-corrected chi connectivity index (χ4v) is 13.4. The van der Waals surface area contributed by atoms with Gasteiger partial charge in [0, 0.05) is 175 Å². The molecule has 0 aromatic carbocycles. The van der Waals surface area contributed by atoms with Crippen LogP contribution in [0.2, 0.25) is 0 Å². The van der Waals surface area contributed by atoms with Crippen molar-refractivity contribution in [2.45, 2.75) is 81.5 Å². The minimum Gasteiger partial charge on any atom is -0.377 e. The lowest BCUT2D eigenvalue weighted by Gasteiger charge is -2.17. The molecule has 2 aliphatic heterocycles. The average Bonchev–Trinajstić information content (AvgIpc) is 1.68. The number of urea groups is 1. The molecule has 6 aromatic heterocycles. The summed E-state index contributed by atoms with van der Waals surface area (Å²) in [5.74, 6) is -4.24. The van der Waals surface area contributed by atoms with Crippen LogP contribution >= 0.6 is 11.8 Å². The van der Waals surface area contributed by atoms with Crippen LogP contribution in [-0.2, 0) is 90.0 Å². The molecule has 14 amide bonds. The summed E-state index contributed by atoms with van der Waals surface area (Å²) in [5.41, 5.74) is 0.906. The van der Waals surface area contributed by atoms with Crippen LogP contribution in [0.3, 0.4) is 0 Å². The molecule has 0 spiro atoms. The van der Waals surface area contributed by atoms with Crippen LogP contribution in [0.1, 0.15) is 128 Å². The SMILES string of the molecule is CN(CCCNC(=O)CCNC(=O)c1cc(NC(=O)c2nc(NC(=O)CCNC(=O)c3nc(NC(=O)CCNC(=O)c4cc(NC(=O)c5nc(NC(=O)CCNC(=O)c6nccn6C)cn5C)cn4C)cn3C)cn2C)cn1C)CCCNC(=O)COCCOCCOCCOCCNC(=O)CCCC[C@@H]1SC[C@@H]2NC(=O)N[C@@H]21. The van der Waals surface area contributed by atoms with Crippen LogP contribution in [-0.4, -0.2) is 271 Å². The molecule has 42 nitrogen and oxygen atoms in total. The highest BCUT2D eigenvalue weighted by Gasteiger charge is 2.42. The quantitative estimate of drug-likeness (QED) is 0.0162. The number of anilines is 5. The molecule has 8 heterocycles. The number of carbonyl (C=O) groups excluding carboxylic acids is 13. The Kier molecular flexibility index (Phi) is 34.9. The van der Waals surface area contributed by atoms with Crippen LogP contribution < -0.4 is 74.4 Å². The Hall–Kier alpha value is -11.5. The van der Waals surface area contributed by atoms with Gasteiger partial charge in [-0.25, -0.2) is 24.7 Å². The van der Waals surface area contributed by atoms with Gasteiger partial charge in [0.25, 0.3) is 35.4 Å². The summed E-state index contributed by atoms with van der Waals surface area (Å²) < 4.78 is 30.6. The van der Waals surface area contributed by atoms with Crippen molar-refractivity contribution in [1.82, 2.24) is 100 Å². The maximum Gasteiger partial charge on any atom is 0.315 e. The average molecular weight is 1610 g/mol. The minimum atomic E-state index is -0.650. The van der Waals surface area contributed by atoms with Gasteiger partial charge in [-0.2, -0.15) is 11.8 Å². The zero-order valence-corrected chi connectivity index (χ0v) is 65.8. The van der Waals surface area contributed by atoms with E-state index >= 15 is 0 Å². The van der Waals surface area contributed by atoms with Gasteiger partial charge in [-0.15, -0.1) is 0 Å². The van der Waals surface area contributed by atoms with Gasteiger partial charge in [0.15, 0.2) is 23.3 Å². The lowest BCUT2D eigenvalue weighted by molar-refractivity contribution is -0.126. The maximum absolute atomic E-state index is 13.3. The molecule has 2 saturated heterocycles. The highest BCUT2D eigenvalue weighted by Crippen LogP contribution is 2.33. The Morgan fingerprint density at radius 3 is 1.36 bits per heavy atom. The molecule has 3 atom stereocenters. The molecule has 2 fully saturated rings. The van der Waals surface area contributed by atoms with E-state index in [-0.39, 0.29) is 164 Å². The standard InChI is InChI=1S/C71H103N25O17S/c1-90(27-11-19-73-59(102)43-113-35-34-112-33-32-111-31-30-110-29-25-74-54(97)13-9-8-12-50-60-47(44-114-50)82-71(109)89-60)26-10-18-72-55(98)14-20-76-65(103)48-36-45(38-92(48)3)80-69(107)64-88-53(42-96(64)7)85-58(101)17-23-79-68(106)62-86-51(40-94(62)5)83-56(99)15-21-77-66(104)49-37-46(39-93(49)4)81-70(108)63-87-52(41-95(63)6)84-57(100)16-22-78-67(105)61-75-24-28-91(61)2/h24,28,36-42,47,50,60H,8-23,25-27,29-35,43-44H2,1-7H3,(H,72,98)(H,73,102)(H,74,97)(H,76,103)(H,77,104)(H,78,105)(H,79,106)(H,80,107)(H,81,108)(H,83,99)(H,84,100)(H,85,101)(H2,82,89,109)/t47-,50-,60-/m0/s1. The third kappa shape index (κ3) is 28.9. The summed E-state index contributed by atoms with van der Waals surface area (Å²) in [6.45, 7) is 5.02. The van der Waals surface area contributed by atoms with Crippen LogP contribution in [0.4, 0.5) is 33.6 Å². The normalized spacial score (nSPS) is 14.1. The number of ether oxygens (including phenoxy) is 4. The zero-order valence-electron chi connectivity index (χ0n) is 65.0. The van der Waals surface area contributed by atoms with Gasteiger partial charge in [-0.1, -0.05) is 6.42 Å². The van der Waals surface area contributed by atoms with Crippen LogP contribution in [0.15, 0.2) is 55.5 Å². The lowest BCUT2D eigenvalue weighted by atomic mass is 10.0. The first-order valence-electron chi connectivity index (χ1n) is 37.3. The minimum absolute atomic E-state index is 0.00182. The molecule has 0 aliphatic carbocycles. The van der Waals surface area contributed by atoms with Gasteiger partial charge < -0.3 is 126 Å². The van der Waals surface area contributed by atoms with Gasteiger partial charge in [0.05, 0.1) is 69.7 Å². The number of hydrogen-bond donors (Lipinski definition) is 14. The number of amides is 14. The molecule has 114 heavy (non-hydrogen) atoms. The van der Waals surface area contributed by atoms with E-state index in [1.807, 2.05) is 18.8 Å². The fraction of sp³-hybridized carbons (Fsp3) is 0.535. The number of carbonyl (C=O) groups is 13. The van der Waals surface area contributed by atoms with E-state index in [1.54, 1.807) is 46.0 Å². The number of aromatic nitrogens is 10. The third-order valence-corrected chi connectivity index (χ3v) is 19.2. The van der Waals surface area contributed by atoms with E-state index in [0.717, 1.165) is 31.6 Å². The fourth-order valence-electron chi connectivity index (χ4n) is 11.9. The third-order valence-electron chi connectivity index (χ3n) is 17.7. The van der Waals surface area contributed by atoms with Gasteiger partial charge >= 0.3 is 6.03 Å². The van der Waals surface area contributed by atoms with Crippen molar-refractivity contribution in [2.75, 3.05) is 151 Å². The van der Waals surface area contributed by atoms with E-state index in [9.17, 15) is 62.3 Å². The number of nitrogens with one attached hydrogen (secondary N) is 14. The highest BCUT2D eigenvalue weighted by atomic mass is 32.2. The first-order valence-corrected chi connectivity index (χ1v) is 38.4. The predicted molar refractivity (Wildman–Crippen MR) is 416 cm³/mol. The molecule has 620 valence electrons. The number of rotatable bonds is 50. The van der Waals surface area contributed by atoms with Crippen LogP contribution in [0.5, 0.6) is 0 Å². The first-order chi connectivity index (χ1) is 54.8. The van der Waals surface area contributed by atoms with Gasteiger partial charge in [-0.3, -0.25) is 57.5 Å². The molecule has 0 bridgehead atoms. The molecule has 0 unspecified atom stereocenters. The van der Waals surface area contributed by atoms with Gasteiger partial charge in [-0.05, 0) is 58.0 Å².